The van der Waals surface area contributed by atoms with E-state index >= 15 is 0 Å². The van der Waals surface area contributed by atoms with Crippen LogP contribution >= 0.6 is 0 Å². The molecule has 1 aromatic carbocycles. The molecule has 4 rings (SSSR count). The lowest BCUT2D eigenvalue weighted by molar-refractivity contribution is 0.122. The number of rotatable bonds is 2. The van der Waals surface area contributed by atoms with E-state index in [9.17, 15) is 0 Å². The highest BCUT2D eigenvalue weighted by atomic mass is 16.5. The Morgan fingerprint density at radius 1 is 1.09 bits per heavy atom. The van der Waals surface area contributed by atoms with Gasteiger partial charge in [-0.05, 0) is 24.3 Å². The molecule has 0 aliphatic carbocycles. The van der Waals surface area contributed by atoms with Gasteiger partial charge in [0.2, 0.25) is 0 Å². The number of nitrogens with zero attached hydrogens (tertiary/aromatic N) is 4. The van der Waals surface area contributed by atoms with Crippen molar-refractivity contribution in [2.45, 2.75) is 0 Å². The van der Waals surface area contributed by atoms with Crippen LogP contribution < -0.4 is 10.6 Å². The number of aromatic nitrogens is 4. The first-order valence-electron chi connectivity index (χ1n) is 7.20. The van der Waals surface area contributed by atoms with Crippen LogP contribution in [0.3, 0.4) is 0 Å². The fourth-order valence-electron chi connectivity index (χ4n) is 2.60. The predicted octanol–water partition coefficient (Wildman–Crippen LogP) is 1.44. The van der Waals surface area contributed by atoms with Crippen LogP contribution in [0.4, 0.5) is 11.5 Å². The second kappa shape index (κ2) is 5.27. The van der Waals surface area contributed by atoms with E-state index in [0.29, 0.717) is 13.2 Å². The molecule has 0 unspecified atom stereocenters. The third-order valence-corrected chi connectivity index (χ3v) is 3.76. The highest BCUT2D eigenvalue weighted by molar-refractivity contribution is 5.86. The number of aromatic amines is 1. The van der Waals surface area contributed by atoms with Crippen molar-refractivity contribution in [3.8, 4) is 11.4 Å². The Bertz CT molecular complexity index is 791. The zero-order valence-corrected chi connectivity index (χ0v) is 12.0. The minimum atomic E-state index is 0.709. The average molecular weight is 296 g/mol. The topological polar surface area (TPSA) is 92.9 Å². The van der Waals surface area contributed by atoms with Crippen LogP contribution in [-0.4, -0.2) is 46.2 Å². The fourth-order valence-corrected chi connectivity index (χ4v) is 2.60. The number of anilines is 2. The van der Waals surface area contributed by atoms with E-state index in [2.05, 4.69) is 24.8 Å². The second-order valence-electron chi connectivity index (χ2n) is 5.20. The molecule has 0 spiro atoms. The average Bonchev–Trinajstić information content (AvgIpc) is 3.00. The summed E-state index contributed by atoms with van der Waals surface area (Å²) in [5.41, 5.74) is 8.96. The molecule has 112 valence electrons. The molecule has 3 N–H and O–H groups in total. The molecule has 0 atom stereocenters. The first kappa shape index (κ1) is 13.0. The van der Waals surface area contributed by atoms with Crippen LogP contribution in [0.1, 0.15) is 0 Å². The maximum absolute atomic E-state index is 5.73. The molecule has 3 aromatic rings. The fraction of sp³-hybridized carbons (Fsp3) is 0.267. The van der Waals surface area contributed by atoms with Gasteiger partial charge in [0.05, 0.1) is 13.2 Å². The number of H-pyrrole nitrogens is 1. The summed E-state index contributed by atoms with van der Waals surface area (Å²) in [4.78, 5) is 18.8. The number of fused-ring (bicyclic) bond motifs is 1. The third kappa shape index (κ3) is 2.25. The van der Waals surface area contributed by atoms with E-state index in [1.54, 1.807) is 6.33 Å². The normalized spacial score (nSPS) is 15.4. The minimum Gasteiger partial charge on any atom is -0.399 e. The number of hydrogen-bond acceptors (Lipinski definition) is 6. The Hall–Kier alpha value is -2.67. The second-order valence-corrected chi connectivity index (χ2v) is 5.20. The monoisotopic (exact) mass is 296 g/mol. The van der Waals surface area contributed by atoms with Crippen LogP contribution in [-0.2, 0) is 4.74 Å². The van der Waals surface area contributed by atoms with Crippen molar-refractivity contribution in [3.63, 3.8) is 0 Å². The van der Waals surface area contributed by atoms with Gasteiger partial charge in [0.15, 0.2) is 17.0 Å². The lowest BCUT2D eigenvalue weighted by Gasteiger charge is -2.27. The predicted molar refractivity (Wildman–Crippen MR) is 84.6 cm³/mol. The van der Waals surface area contributed by atoms with Crippen molar-refractivity contribution < 1.29 is 4.74 Å². The van der Waals surface area contributed by atoms with E-state index in [1.165, 1.54) is 0 Å². The summed E-state index contributed by atoms with van der Waals surface area (Å²) in [6, 6.07) is 7.60. The van der Waals surface area contributed by atoms with Crippen LogP contribution in [0.2, 0.25) is 0 Å². The number of morpholine rings is 1. The lowest BCUT2D eigenvalue weighted by Crippen LogP contribution is -2.36. The molecule has 7 heteroatoms. The molecule has 22 heavy (non-hydrogen) atoms. The summed E-state index contributed by atoms with van der Waals surface area (Å²) in [7, 11) is 0. The molecule has 0 amide bonds. The lowest BCUT2D eigenvalue weighted by atomic mass is 10.2. The zero-order chi connectivity index (χ0) is 14.9. The highest BCUT2D eigenvalue weighted by Crippen LogP contribution is 2.26. The minimum absolute atomic E-state index is 0.709. The van der Waals surface area contributed by atoms with Crippen molar-refractivity contribution in [2.75, 3.05) is 36.9 Å². The van der Waals surface area contributed by atoms with Crippen molar-refractivity contribution >= 4 is 22.7 Å². The van der Waals surface area contributed by atoms with Gasteiger partial charge < -0.3 is 20.4 Å². The van der Waals surface area contributed by atoms with E-state index in [0.717, 1.165) is 47.1 Å². The summed E-state index contributed by atoms with van der Waals surface area (Å²) >= 11 is 0. The number of ether oxygens (including phenoxy) is 1. The van der Waals surface area contributed by atoms with Gasteiger partial charge in [0.1, 0.15) is 12.2 Å². The van der Waals surface area contributed by atoms with Crippen molar-refractivity contribution in [1.82, 2.24) is 19.9 Å². The number of nitrogens with two attached hydrogens (primary N) is 1. The number of nitrogens with one attached hydrogen (secondary N) is 1. The summed E-state index contributed by atoms with van der Waals surface area (Å²) in [5.74, 6) is 1.62. The van der Waals surface area contributed by atoms with Gasteiger partial charge >= 0.3 is 0 Å². The quantitative estimate of drug-likeness (QED) is 0.695. The van der Waals surface area contributed by atoms with Crippen LogP contribution in [0, 0.1) is 0 Å². The molecular weight excluding hydrogens is 280 g/mol. The summed E-state index contributed by atoms with van der Waals surface area (Å²) in [6.07, 6.45) is 1.57. The molecule has 1 fully saturated rings. The van der Waals surface area contributed by atoms with Crippen molar-refractivity contribution in [1.29, 1.82) is 0 Å². The first-order valence-corrected chi connectivity index (χ1v) is 7.20. The number of hydrogen-bond donors (Lipinski definition) is 2. The molecule has 1 saturated heterocycles. The summed E-state index contributed by atoms with van der Waals surface area (Å²) < 4.78 is 5.39. The summed E-state index contributed by atoms with van der Waals surface area (Å²) in [6.45, 7) is 3.05. The molecule has 7 nitrogen and oxygen atoms in total. The molecule has 0 bridgehead atoms. The zero-order valence-electron chi connectivity index (χ0n) is 12.0. The van der Waals surface area contributed by atoms with Crippen molar-refractivity contribution in [2.24, 2.45) is 0 Å². The van der Waals surface area contributed by atoms with E-state index in [1.807, 2.05) is 24.3 Å². The van der Waals surface area contributed by atoms with Gasteiger partial charge in [0, 0.05) is 24.3 Å². The Morgan fingerprint density at radius 3 is 2.64 bits per heavy atom. The third-order valence-electron chi connectivity index (χ3n) is 3.76. The Labute approximate surface area is 127 Å². The maximum atomic E-state index is 5.73. The standard InChI is InChI=1S/C15H16N6O/c16-11-3-1-10(2-4-11)13-19-12-14(20-13)17-9-18-15(12)21-5-7-22-8-6-21/h1-4,9H,5-8,16H2,(H,17,18,19,20). The van der Waals surface area contributed by atoms with E-state index in [-0.39, 0.29) is 0 Å². The molecule has 2 aromatic heterocycles. The van der Waals surface area contributed by atoms with Gasteiger partial charge in [-0.25, -0.2) is 15.0 Å². The number of benzene rings is 1. The molecule has 0 saturated carbocycles. The van der Waals surface area contributed by atoms with Gasteiger partial charge in [-0.15, -0.1) is 0 Å². The molecule has 3 heterocycles. The smallest absolute Gasteiger partial charge is 0.163 e. The van der Waals surface area contributed by atoms with E-state index < -0.39 is 0 Å². The molecule has 0 radical (unpaired) electrons. The Kier molecular flexibility index (Phi) is 3.12. The largest absolute Gasteiger partial charge is 0.399 e. The van der Waals surface area contributed by atoms with Gasteiger partial charge in [-0.3, -0.25) is 0 Å². The van der Waals surface area contributed by atoms with Crippen molar-refractivity contribution in [3.05, 3.63) is 30.6 Å². The molecule has 1 aliphatic heterocycles. The maximum Gasteiger partial charge on any atom is 0.163 e. The molecular formula is C15H16N6O. The Morgan fingerprint density at radius 2 is 1.86 bits per heavy atom. The van der Waals surface area contributed by atoms with Gasteiger partial charge in [0.25, 0.3) is 0 Å². The summed E-state index contributed by atoms with van der Waals surface area (Å²) in [5, 5.41) is 0. The highest BCUT2D eigenvalue weighted by Gasteiger charge is 2.18. The Balaban J connectivity index is 1.78. The first-order chi connectivity index (χ1) is 10.8. The van der Waals surface area contributed by atoms with Crippen LogP contribution in [0.15, 0.2) is 30.6 Å². The SMILES string of the molecule is Nc1ccc(-c2nc3c(N4CCOCC4)ncnc3[nH]2)cc1. The van der Waals surface area contributed by atoms with Crippen LogP contribution in [0.5, 0.6) is 0 Å². The van der Waals surface area contributed by atoms with E-state index in [4.69, 9.17) is 10.5 Å². The van der Waals surface area contributed by atoms with Crippen LogP contribution in [0.25, 0.3) is 22.6 Å². The van der Waals surface area contributed by atoms with Gasteiger partial charge in [-0.1, -0.05) is 0 Å². The molecule has 1 aliphatic rings. The number of imidazole rings is 1. The number of nitrogen functional groups attached to an aromatic ring is 1. The van der Waals surface area contributed by atoms with Gasteiger partial charge in [-0.2, -0.15) is 0 Å².